The molecule has 0 fully saturated rings. The van der Waals surface area contributed by atoms with Gasteiger partial charge in [0, 0.05) is 19.7 Å². The highest BCUT2D eigenvalue weighted by Gasteiger charge is 2.30. The predicted molar refractivity (Wildman–Crippen MR) is 93.3 cm³/mol. The van der Waals surface area contributed by atoms with Crippen LogP contribution in [-0.4, -0.2) is 47.4 Å². The standard InChI is InChI=1S/C17H19NO5S/c1-18(2)15-12(10-6-8-11(21-3)9-7-10)13(16(19)22-4)14(24-15)17(20)23-5/h6-9H,1-5H3. The molecule has 0 amide bonds. The number of anilines is 1. The number of hydrogen-bond donors (Lipinski definition) is 0. The average Bonchev–Trinajstić information content (AvgIpc) is 3.01. The maximum absolute atomic E-state index is 12.3. The van der Waals surface area contributed by atoms with Crippen LogP contribution in [0.2, 0.25) is 0 Å². The Labute approximate surface area is 144 Å². The van der Waals surface area contributed by atoms with Crippen LogP contribution in [-0.2, 0) is 9.47 Å². The monoisotopic (exact) mass is 349 g/mol. The Hall–Kier alpha value is -2.54. The van der Waals surface area contributed by atoms with Crippen LogP contribution in [0, 0.1) is 0 Å². The first-order valence-corrected chi connectivity index (χ1v) is 7.91. The number of hydrogen-bond acceptors (Lipinski definition) is 7. The van der Waals surface area contributed by atoms with E-state index in [1.165, 1.54) is 25.6 Å². The van der Waals surface area contributed by atoms with Crippen LogP contribution in [0.1, 0.15) is 20.0 Å². The minimum Gasteiger partial charge on any atom is -0.497 e. The molecule has 0 saturated carbocycles. The zero-order chi connectivity index (χ0) is 17.9. The van der Waals surface area contributed by atoms with Crippen molar-refractivity contribution in [3.05, 3.63) is 34.7 Å². The van der Waals surface area contributed by atoms with E-state index < -0.39 is 11.9 Å². The molecule has 24 heavy (non-hydrogen) atoms. The third-order valence-corrected chi connectivity index (χ3v) is 4.77. The number of carbonyl (C=O) groups excluding carboxylic acids is 2. The molecule has 0 bridgehead atoms. The van der Waals surface area contributed by atoms with E-state index in [0.717, 1.165) is 10.6 Å². The van der Waals surface area contributed by atoms with Crippen molar-refractivity contribution in [2.45, 2.75) is 0 Å². The van der Waals surface area contributed by atoms with E-state index in [1.807, 2.05) is 31.1 Å². The zero-order valence-corrected chi connectivity index (χ0v) is 15.0. The molecule has 1 aromatic carbocycles. The summed E-state index contributed by atoms with van der Waals surface area (Å²) in [4.78, 5) is 26.5. The Bertz CT molecular complexity index is 749. The molecule has 2 aromatic rings. The summed E-state index contributed by atoms with van der Waals surface area (Å²) < 4.78 is 14.9. The van der Waals surface area contributed by atoms with Crippen LogP contribution in [0.4, 0.5) is 5.00 Å². The van der Waals surface area contributed by atoms with Gasteiger partial charge in [0.2, 0.25) is 0 Å². The lowest BCUT2D eigenvalue weighted by atomic mass is 10.0. The van der Waals surface area contributed by atoms with Gasteiger partial charge in [-0.2, -0.15) is 0 Å². The quantitative estimate of drug-likeness (QED) is 0.773. The molecule has 6 nitrogen and oxygen atoms in total. The lowest BCUT2D eigenvalue weighted by Gasteiger charge is -2.14. The van der Waals surface area contributed by atoms with E-state index in [2.05, 4.69) is 0 Å². The fourth-order valence-electron chi connectivity index (χ4n) is 2.29. The van der Waals surface area contributed by atoms with Gasteiger partial charge < -0.3 is 19.1 Å². The van der Waals surface area contributed by atoms with E-state index in [4.69, 9.17) is 14.2 Å². The van der Waals surface area contributed by atoms with Gasteiger partial charge in [-0.1, -0.05) is 12.1 Å². The van der Waals surface area contributed by atoms with Crippen LogP contribution in [0.5, 0.6) is 5.75 Å². The molecule has 0 aliphatic carbocycles. The topological polar surface area (TPSA) is 65.1 Å². The van der Waals surface area contributed by atoms with E-state index in [1.54, 1.807) is 19.2 Å². The van der Waals surface area contributed by atoms with E-state index in [0.29, 0.717) is 11.3 Å². The first-order chi connectivity index (χ1) is 11.4. The first-order valence-electron chi connectivity index (χ1n) is 7.09. The van der Waals surface area contributed by atoms with Crippen LogP contribution < -0.4 is 9.64 Å². The van der Waals surface area contributed by atoms with E-state index in [9.17, 15) is 9.59 Å². The molecule has 0 aliphatic heterocycles. The second-order valence-electron chi connectivity index (χ2n) is 5.09. The van der Waals surface area contributed by atoms with Gasteiger partial charge in [0.1, 0.15) is 15.6 Å². The molecular formula is C17H19NO5S. The molecule has 0 saturated heterocycles. The van der Waals surface area contributed by atoms with Crippen molar-refractivity contribution in [2.24, 2.45) is 0 Å². The highest BCUT2D eigenvalue weighted by molar-refractivity contribution is 7.19. The van der Waals surface area contributed by atoms with Crippen molar-refractivity contribution in [3.63, 3.8) is 0 Å². The van der Waals surface area contributed by atoms with Crippen LogP contribution in [0.25, 0.3) is 11.1 Å². The highest BCUT2D eigenvalue weighted by atomic mass is 32.1. The number of ether oxygens (including phenoxy) is 3. The number of rotatable bonds is 5. The number of esters is 2. The molecule has 0 unspecified atom stereocenters. The zero-order valence-electron chi connectivity index (χ0n) is 14.2. The Morgan fingerprint density at radius 1 is 0.958 bits per heavy atom. The second kappa shape index (κ2) is 7.35. The van der Waals surface area contributed by atoms with Crippen molar-refractivity contribution in [2.75, 3.05) is 40.3 Å². The molecule has 1 heterocycles. The van der Waals surface area contributed by atoms with Gasteiger partial charge in [0.05, 0.1) is 26.9 Å². The predicted octanol–water partition coefficient (Wildman–Crippen LogP) is 3.06. The van der Waals surface area contributed by atoms with Gasteiger partial charge >= 0.3 is 11.9 Å². The highest BCUT2D eigenvalue weighted by Crippen LogP contribution is 2.43. The summed E-state index contributed by atoms with van der Waals surface area (Å²) in [6.45, 7) is 0. The third-order valence-electron chi connectivity index (χ3n) is 3.43. The molecule has 0 spiro atoms. The Kier molecular flexibility index (Phi) is 5.46. The largest absolute Gasteiger partial charge is 0.497 e. The Balaban J connectivity index is 2.76. The third kappa shape index (κ3) is 3.21. The lowest BCUT2D eigenvalue weighted by Crippen LogP contribution is -2.11. The molecule has 7 heteroatoms. The van der Waals surface area contributed by atoms with Crippen molar-refractivity contribution in [1.82, 2.24) is 0 Å². The molecular weight excluding hydrogens is 330 g/mol. The van der Waals surface area contributed by atoms with Crippen molar-refractivity contribution < 1.29 is 23.8 Å². The Morgan fingerprint density at radius 3 is 2.00 bits per heavy atom. The average molecular weight is 349 g/mol. The number of nitrogens with zero attached hydrogens (tertiary/aromatic N) is 1. The summed E-state index contributed by atoms with van der Waals surface area (Å²) in [5.41, 5.74) is 1.63. The van der Waals surface area contributed by atoms with Crippen LogP contribution >= 0.6 is 11.3 Å². The summed E-state index contributed by atoms with van der Waals surface area (Å²) in [6.07, 6.45) is 0. The molecule has 2 rings (SSSR count). The maximum atomic E-state index is 12.3. The van der Waals surface area contributed by atoms with E-state index in [-0.39, 0.29) is 10.4 Å². The molecule has 0 N–H and O–H groups in total. The van der Waals surface area contributed by atoms with Gasteiger partial charge in [-0.3, -0.25) is 0 Å². The van der Waals surface area contributed by atoms with Gasteiger partial charge in [-0.25, -0.2) is 9.59 Å². The number of thiophene rings is 1. The summed E-state index contributed by atoms with van der Waals surface area (Å²) in [5, 5.41) is 0.765. The fraction of sp³-hybridized carbons (Fsp3) is 0.294. The van der Waals surface area contributed by atoms with Gasteiger partial charge in [0.25, 0.3) is 0 Å². The Morgan fingerprint density at radius 2 is 1.54 bits per heavy atom. The lowest BCUT2D eigenvalue weighted by molar-refractivity contribution is 0.0561. The molecule has 0 aliphatic rings. The number of benzene rings is 1. The van der Waals surface area contributed by atoms with Crippen molar-refractivity contribution in [3.8, 4) is 16.9 Å². The summed E-state index contributed by atoms with van der Waals surface area (Å²) in [7, 11) is 7.85. The molecule has 1 aromatic heterocycles. The summed E-state index contributed by atoms with van der Waals surface area (Å²) in [6, 6.07) is 7.26. The maximum Gasteiger partial charge on any atom is 0.349 e. The molecule has 128 valence electrons. The van der Waals surface area contributed by atoms with Gasteiger partial charge in [-0.15, -0.1) is 11.3 Å². The summed E-state index contributed by atoms with van der Waals surface area (Å²) >= 11 is 1.19. The molecule has 0 atom stereocenters. The van der Waals surface area contributed by atoms with Gasteiger partial charge in [0.15, 0.2) is 0 Å². The van der Waals surface area contributed by atoms with E-state index >= 15 is 0 Å². The van der Waals surface area contributed by atoms with Gasteiger partial charge in [-0.05, 0) is 17.7 Å². The van der Waals surface area contributed by atoms with Crippen molar-refractivity contribution >= 4 is 28.3 Å². The summed E-state index contributed by atoms with van der Waals surface area (Å²) in [5.74, 6) is -0.443. The SMILES string of the molecule is COC(=O)c1sc(N(C)C)c(-c2ccc(OC)cc2)c1C(=O)OC. The minimum atomic E-state index is -0.578. The fourth-order valence-corrected chi connectivity index (χ4v) is 3.44. The van der Waals surface area contributed by atoms with Crippen LogP contribution in [0.3, 0.4) is 0 Å². The number of methoxy groups -OCH3 is 3. The second-order valence-corrected chi connectivity index (χ2v) is 6.09. The number of carbonyl (C=O) groups is 2. The van der Waals surface area contributed by atoms with Crippen LogP contribution in [0.15, 0.2) is 24.3 Å². The smallest absolute Gasteiger partial charge is 0.349 e. The minimum absolute atomic E-state index is 0.211. The van der Waals surface area contributed by atoms with Crippen molar-refractivity contribution in [1.29, 1.82) is 0 Å². The first kappa shape index (κ1) is 17.8. The normalized spacial score (nSPS) is 10.2. The molecule has 0 radical (unpaired) electrons.